The SMILES string of the molecule is CCCC=[Te]. The molecule has 0 unspecified atom stereocenters. The van der Waals surface area contributed by atoms with Crippen molar-refractivity contribution in [2.75, 3.05) is 0 Å². The van der Waals surface area contributed by atoms with Crippen LogP contribution < -0.4 is 0 Å². The number of hydrogen-bond donors (Lipinski definition) is 0. The van der Waals surface area contributed by atoms with Crippen molar-refractivity contribution in [3.63, 3.8) is 0 Å². The van der Waals surface area contributed by atoms with E-state index in [4.69, 9.17) is 0 Å². The molecule has 0 nitrogen and oxygen atoms in total. The summed E-state index contributed by atoms with van der Waals surface area (Å²) >= 11 is 2.03. The molecule has 0 atom stereocenters. The van der Waals surface area contributed by atoms with Crippen molar-refractivity contribution in [2.45, 2.75) is 19.8 Å². The molecule has 30 valence electrons. The Kier molecular flexibility index (Phi) is 5.27. The predicted octanol–water partition coefficient (Wildman–Crippen LogP) is 0.757. The Morgan fingerprint density at radius 1 is 1.80 bits per heavy atom. The van der Waals surface area contributed by atoms with E-state index in [9.17, 15) is 0 Å². The van der Waals surface area contributed by atoms with E-state index in [1.807, 2.05) is 21.8 Å². The fraction of sp³-hybridized carbons (Fsp3) is 0.750. The van der Waals surface area contributed by atoms with Gasteiger partial charge in [-0.2, -0.15) is 0 Å². The second-order valence-electron chi connectivity index (χ2n) is 0.955. The van der Waals surface area contributed by atoms with Gasteiger partial charge in [0.2, 0.25) is 0 Å². The monoisotopic (exact) mass is 186 g/mol. The topological polar surface area (TPSA) is 0 Å². The first-order valence-electron chi connectivity index (χ1n) is 1.85. The molecule has 0 radical (unpaired) electrons. The first-order chi connectivity index (χ1) is 2.41. The Morgan fingerprint density at radius 2 is 2.40 bits per heavy atom. The van der Waals surface area contributed by atoms with Crippen molar-refractivity contribution in [1.82, 2.24) is 0 Å². The van der Waals surface area contributed by atoms with Crippen molar-refractivity contribution >= 4 is 25.9 Å². The molecule has 0 aromatic carbocycles. The van der Waals surface area contributed by atoms with Crippen LogP contribution in [0.15, 0.2) is 0 Å². The molecule has 0 bridgehead atoms. The van der Waals surface area contributed by atoms with Crippen LogP contribution in [0.4, 0.5) is 0 Å². The van der Waals surface area contributed by atoms with Gasteiger partial charge in [-0.1, -0.05) is 0 Å². The molecule has 0 heterocycles. The van der Waals surface area contributed by atoms with Gasteiger partial charge in [0.05, 0.1) is 0 Å². The summed E-state index contributed by atoms with van der Waals surface area (Å²) in [6, 6.07) is 0. The second-order valence-corrected chi connectivity index (χ2v) is 1.91. The second kappa shape index (κ2) is 4.66. The minimum absolute atomic E-state index is 1.27. The summed E-state index contributed by atoms with van der Waals surface area (Å²) in [6.07, 6.45) is 2.56. The molecule has 5 heavy (non-hydrogen) atoms. The molecule has 0 rings (SSSR count). The van der Waals surface area contributed by atoms with Crippen LogP contribution in [0, 0.1) is 0 Å². The Labute approximate surface area is 46.0 Å². The molecule has 0 amide bonds. The van der Waals surface area contributed by atoms with Gasteiger partial charge in [-0.3, -0.25) is 0 Å². The van der Waals surface area contributed by atoms with Crippen molar-refractivity contribution in [3.8, 4) is 0 Å². The Balaban J connectivity index is 2.40. The molecule has 0 aliphatic carbocycles. The van der Waals surface area contributed by atoms with Crippen LogP contribution in [0.5, 0.6) is 0 Å². The van der Waals surface area contributed by atoms with Crippen molar-refractivity contribution in [2.24, 2.45) is 0 Å². The van der Waals surface area contributed by atoms with Crippen LogP contribution in [-0.4, -0.2) is 25.9 Å². The molecule has 0 N–H and O–H groups in total. The average Bonchev–Trinajstić information content (AvgIpc) is 1.41. The number of rotatable bonds is 2. The van der Waals surface area contributed by atoms with Gasteiger partial charge in [0, 0.05) is 0 Å². The van der Waals surface area contributed by atoms with E-state index in [2.05, 4.69) is 11.0 Å². The molecular formula is C4H8Te. The van der Waals surface area contributed by atoms with Crippen molar-refractivity contribution < 1.29 is 0 Å². The van der Waals surface area contributed by atoms with E-state index >= 15 is 0 Å². The molecule has 0 fully saturated rings. The van der Waals surface area contributed by atoms with Gasteiger partial charge in [-0.05, 0) is 0 Å². The predicted molar refractivity (Wildman–Crippen MR) is 26.7 cm³/mol. The zero-order valence-electron chi connectivity index (χ0n) is 3.40. The third-order valence-electron chi connectivity index (χ3n) is 0.407. The van der Waals surface area contributed by atoms with Crippen LogP contribution >= 0.6 is 0 Å². The molecular weight excluding hydrogens is 176 g/mol. The third kappa shape index (κ3) is 4.66. The maximum atomic E-state index is 2.19. The minimum atomic E-state index is 1.27. The summed E-state index contributed by atoms with van der Waals surface area (Å²) < 4.78 is 2.19. The first kappa shape index (κ1) is 5.66. The van der Waals surface area contributed by atoms with Gasteiger partial charge in [-0.25, -0.2) is 0 Å². The zero-order valence-corrected chi connectivity index (χ0v) is 5.73. The van der Waals surface area contributed by atoms with Crippen LogP contribution in [-0.2, 0) is 0 Å². The molecule has 0 aromatic heterocycles. The van der Waals surface area contributed by atoms with Gasteiger partial charge >= 0.3 is 45.6 Å². The molecule has 0 aliphatic rings. The van der Waals surface area contributed by atoms with Crippen LogP contribution in [0.25, 0.3) is 0 Å². The summed E-state index contributed by atoms with van der Waals surface area (Å²) in [5, 5.41) is 0. The van der Waals surface area contributed by atoms with Gasteiger partial charge in [0.25, 0.3) is 0 Å². The number of unbranched alkanes of at least 4 members (excludes halogenated alkanes) is 1. The van der Waals surface area contributed by atoms with Crippen molar-refractivity contribution in [3.05, 3.63) is 0 Å². The molecule has 0 spiro atoms. The van der Waals surface area contributed by atoms with Crippen LogP contribution in [0.1, 0.15) is 19.8 Å². The maximum absolute atomic E-state index is 2.19. The molecule has 0 saturated carbocycles. The quantitative estimate of drug-likeness (QED) is 0.555. The fourth-order valence-corrected chi connectivity index (χ4v) is 0.791. The third-order valence-corrected chi connectivity index (χ3v) is 1.08. The standard InChI is InChI=1S/C4H8Te/c1-2-3-4-5/h4H,2-3H2,1H3. The summed E-state index contributed by atoms with van der Waals surface area (Å²) in [5.41, 5.74) is 0. The van der Waals surface area contributed by atoms with E-state index in [1.165, 1.54) is 12.8 Å². The van der Waals surface area contributed by atoms with E-state index in [0.717, 1.165) is 0 Å². The summed E-state index contributed by atoms with van der Waals surface area (Å²) in [6.45, 7) is 2.18. The van der Waals surface area contributed by atoms with E-state index in [-0.39, 0.29) is 0 Å². The van der Waals surface area contributed by atoms with Gasteiger partial charge in [0.15, 0.2) is 0 Å². The molecule has 0 aromatic rings. The molecule has 0 saturated heterocycles. The normalized spacial score (nSPS) is 7.40. The fourth-order valence-electron chi connectivity index (χ4n) is 0.118. The Hall–Kier alpha value is 0.660. The number of hydrogen-bond acceptors (Lipinski definition) is 0. The zero-order chi connectivity index (χ0) is 4.12. The van der Waals surface area contributed by atoms with E-state index < -0.39 is 0 Å². The Bertz CT molecular complexity index is 24.8. The summed E-state index contributed by atoms with van der Waals surface area (Å²) in [5.74, 6) is 0. The summed E-state index contributed by atoms with van der Waals surface area (Å²) in [4.78, 5) is 0. The van der Waals surface area contributed by atoms with E-state index in [0.29, 0.717) is 0 Å². The van der Waals surface area contributed by atoms with Gasteiger partial charge in [-0.15, -0.1) is 0 Å². The van der Waals surface area contributed by atoms with E-state index in [1.54, 1.807) is 0 Å². The molecule has 0 aliphatic heterocycles. The van der Waals surface area contributed by atoms with Gasteiger partial charge < -0.3 is 0 Å². The van der Waals surface area contributed by atoms with Crippen LogP contribution in [0.3, 0.4) is 0 Å². The van der Waals surface area contributed by atoms with Gasteiger partial charge in [0.1, 0.15) is 0 Å². The van der Waals surface area contributed by atoms with Crippen LogP contribution in [0.2, 0.25) is 0 Å². The average molecular weight is 184 g/mol. The van der Waals surface area contributed by atoms with Crippen molar-refractivity contribution in [1.29, 1.82) is 0 Å². The molecule has 1 heteroatoms. The Morgan fingerprint density at radius 3 is 2.40 bits per heavy atom. The first-order valence-corrected chi connectivity index (χ1v) is 3.20. The summed E-state index contributed by atoms with van der Waals surface area (Å²) in [7, 11) is 0.